The summed E-state index contributed by atoms with van der Waals surface area (Å²) in [6, 6.07) is 0. The van der Waals surface area contributed by atoms with Crippen molar-refractivity contribution in [3.05, 3.63) is 0 Å². The highest BCUT2D eigenvalue weighted by molar-refractivity contribution is 14.1. The third-order valence-electron chi connectivity index (χ3n) is 1.93. The molecule has 0 bridgehead atoms. The number of rotatable bonds is 3. The van der Waals surface area contributed by atoms with Gasteiger partial charge in [0.2, 0.25) is 4.30 Å². The van der Waals surface area contributed by atoms with Gasteiger partial charge in [-0.2, -0.15) is 0 Å². The Balaban J connectivity index is 2.29. The Morgan fingerprint density at radius 2 is 2.08 bits per heavy atom. The Morgan fingerprint density at radius 3 is 2.69 bits per heavy atom. The lowest BCUT2D eigenvalue weighted by Crippen LogP contribution is -2.39. The maximum Gasteiger partial charge on any atom is 0.210 e. The minimum Gasteiger partial charge on any atom is -0.343 e. The zero-order chi connectivity index (χ0) is 9.84. The standard InChI is InChI=1S/C8H15I2NO2/c1-11(2)4-3-7-6(9)5-12-8(10)13-7/h6-8H,3-5H2,1-2H3. The number of nitrogens with zero attached hydrogens (tertiary/aromatic N) is 1. The molecule has 1 aliphatic heterocycles. The summed E-state index contributed by atoms with van der Waals surface area (Å²) in [6.45, 7) is 1.89. The van der Waals surface area contributed by atoms with Crippen LogP contribution in [0.15, 0.2) is 0 Å². The van der Waals surface area contributed by atoms with Gasteiger partial charge in [0.05, 0.1) is 16.6 Å². The highest BCUT2D eigenvalue weighted by atomic mass is 127. The van der Waals surface area contributed by atoms with Crippen LogP contribution in [0.5, 0.6) is 0 Å². The molecule has 3 unspecified atom stereocenters. The molecule has 0 saturated carbocycles. The van der Waals surface area contributed by atoms with Crippen molar-refractivity contribution in [2.45, 2.75) is 20.7 Å². The Hall–Kier alpha value is 1.34. The molecular formula is C8H15I2NO2. The van der Waals surface area contributed by atoms with Gasteiger partial charge in [-0.05, 0) is 43.1 Å². The fourth-order valence-corrected chi connectivity index (χ4v) is 2.49. The predicted molar refractivity (Wildman–Crippen MR) is 69.6 cm³/mol. The zero-order valence-corrected chi connectivity index (χ0v) is 12.2. The molecule has 0 aromatic heterocycles. The molecule has 0 spiro atoms. The minimum atomic E-state index is -0.0595. The molecule has 0 aromatic carbocycles. The first-order valence-corrected chi connectivity index (χ1v) is 6.78. The number of alkyl halides is 2. The summed E-state index contributed by atoms with van der Waals surface area (Å²) >= 11 is 4.58. The molecule has 13 heavy (non-hydrogen) atoms. The van der Waals surface area contributed by atoms with E-state index in [2.05, 4.69) is 64.2 Å². The number of hydrogen-bond acceptors (Lipinski definition) is 3. The zero-order valence-electron chi connectivity index (χ0n) is 7.87. The summed E-state index contributed by atoms with van der Waals surface area (Å²) in [7, 11) is 4.17. The van der Waals surface area contributed by atoms with Crippen LogP contribution in [0.25, 0.3) is 0 Å². The first kappa shape index (κ1) is 12.4. The average Bonchev–Trinajstić information content (AvgIpc) is 2.06. The maximum atomic E-state index is 5.68. The second-order valence-electron chi connectivity index (χ2n) is 3.39. The normalized spacial score (nSPS) is 35.3. The molecule has 5 heteroatoms. The van der Waals surface area contributed by atoms with Gasteiger partial charge < -0.3 is 14.4 Å². The van der Waals surface area contributed by atoms with Crippen molar-refractivity contribution >= 4 is 45.2 Å². The van der Waals surface area contributed by atoms with E-state index < -0.39 is 0 Å². The van der Waals surface area contributed by atoms with Gasteiger partial charge in [-0.1, -0.05) is 22.6 Å². The van der Waals surface area contributed by atoms with E-state index in [1.165, 1.54) is 0 Å². The van der Waals surface area contributed by atoms with Crippen LogP contribution in [0.4, 0.5) is 0 Å². The van der Waals surface area contributed by atoms with Gasteiger partial charge >= 0.3 is 0 Å². The summed E-state index contributed by atoms with van der Waals surface area (Å²) in [6.07, 6.45) is 1.43. The number of hydrogen-bond donors (Lipinski definition) is 0. The van der Waals surface area contributed by atoms with E-state index >= 15 is 0 Å². The van der Waals surface area contributed by atoms with Crippen molar-refractivity contribution in [1.82, 2.24) is 4.90 Å². The van der Waals surface area contributed by atoms with Crippen molar-refractivity contribution in [1.29, 1.82) is 0 Å². The van der Waals surface area contributed by atoms with Crippen LogP contribution in [-0.2, 0) is 9.47 Å². The van der Waals surface area contributed by atoms with Crippen molar-refractivity contribution in [3.63, 3.8) is 0 Å². The van der Waals surface area contributed by atoms with Crippen LogP contribution in [0.3, 0.4) is 0 Å². The van der Waals surface area contributed by atoms with Crippen molar-refractivity contribution in [3.8, 4) is 0 Å². The SMILES string of the molecule is CN(C)CCC1OC(I)OCC1I. The predicted octanol–water partition coefficient (Wildman–Crippen LogP) is 1.88. The Morgan fingerprint density at radius 1 is 1.38 bits per heavy atom. The quantitative estimate of drug-likeness (QED) is 0.523. The summed E-state index contributed by atoms with van der Waals surface area (Å²) < 4.78 is 11.5. The third-order valence-corrected chi connectivity index (χ3v) is 3.75. The van der Waals surface area contributed by atoms with Crippen LogP contribution in [-0.4, -0.2) is 46.5 Å². The molecule has 78 valence electrons. The molecule has 3 nitrogen and oxygen atoms in total. The second-order valence-corrected chi connectivity index (χ2v) is 6.01. The summed E-state index contributed by atoms with van der Waals surface area (Å²) in [5.41, 5.74) is 0. The Bertz CT molecular complexity index is 157. The molecule has 0 aromatic rings. The first-order chi connectivity index (χ1) is 6.09. The molecule has 0 aliphatic carbocycles. The lowest BCUT2D eigenvalue weighted by Gasteiger charge is -2.32. The van der Waals surface area contributed by atoms with Gasteiger partial charge in [-0.3, -0.25) is 0 Å². The fraction of sp³-hybridized carbons (Fsp3) is 1.00. The molecule has 1 fully saturated rings. The number of halogens is 2. The van der Waals surface area contributed by atoms with E-state index in [0.29, 0.717) is 10.0 Å². The van der Waals surface area contributed by atoms with E-state index in [1.807, 2.05) is 0 Å². The molecular weight excluding hydrogens is 396 g/mol. The lowest BCUT2D eigenvalue weighted by atomic mass is 10.2. The summed E-state index contributed by atoms with van der Waals surface area (Å²) in [4.78, 5) is 2.18. The van der Waals surface area contributed by atoms with Crippen LogP contribution in [0, 0.1) is 0 Å². The third kappa shape index (κ3) is 4.59. The van der Waals surface area contributed by atoms with Crippen LogP contribution in [0.2, 0.25) is 0 Å². The Labute approximate surface area is 107 Å². The van der Waals surface area contributed by atoms with Crippen LogP contribution < -0.4 is 0 Å². The molecule has 0 radical (unpaired) electrons. The largest absolute Gasteiger partial charge is 0.343 e. The minimum absolute atomic E-state index is 0.0595. The van der Waals surface area contributed by atoms with E-state index in [-0.39, 0.29) is 4.30 Å². The molecule has 1 rings (SSSR count). The van der Waals surface area contributed by atoms with E-state index in [1.54, 1.807) is 0 Å². The molecule has 1 heterocycles. The van der Waals surface area contributed by atoms with E-state index in [9.17, 15) is 0 Å². The molecule has 1 saturated heterocycles. The second kappa shape index (κ2) is 6.04. The van der Waals surface area contributed by atoms with Crippen molar-refractivity contribution in [2.24, 2.45) is 0 Å². The fourth-order valence-electron chi connectivity index (χ4n) is 1.17. The van der Waals surface area contributed by atoms with Crippen LogP contribution >= 0.6 is 45.2 Å². The molecule has 3 atom stereocenters. The Kier molecular flexibility index (Phi) is 5.77. The smallest absolute Gasteiger partial charge is 0.210 e. The topological polar surface area (TPSA) is 21.7 Å². The average molecular weight is 411 g/mol. The van der Waals surface area contributed by atoms with Gasteiger partial charge in [-0.25, -0.2) is 0 Å². The van der Waals surface area contributed by atoms with E-state index in [0.717, 1.165) is 19.6 Å². The van der Waals surface area contributed by atoms with E-state index in [4.69, 9.17) is 9.47 Å². The number of ether oxygens (including phenoxy) is 2. The highest BCUT2D eigenvalue weighted by Gasteiger charge is 2.28. The molecule has 0 amide bonds. The molecule has 1 aliphatic rings. The van der Waals surface area contributed by atoms with Gasteiger partial charge in [0, 0.05) is 6.54 Å². The monoisotopic (exact) mass is 411 g/mol. The summed E-state index contributed by atoms with van der Waals surface area (Å²) in [5, 5.41) is 0. The van der Waals surface area contributed by atoms with Crippen LogP contribution in [0.1, 0.15) is 6.42 Å². The van der Waals surface area contributed by atoms with Gasteiger partial charge in [0.15, 0.2) is 0 Å². The van der Waals surface area contributed by atoms with Crippen molar-refractivity contribution in [2.75, 3.05) is 27.2 Å². The van der Waals surface area contributed by atoms with Gasteiger partial charge in [-0.15, -0.1) is 0 Å². The summed E-state index contributed by atoms with van der Waals surface area (Å²) in [5.74, 6) is 0. The van der Waals surface area contributed by atoms with Gasteiger partial charge in [0.25, 0.3) is 0 Å². The maximum absolute atomic E-state index is 5.68. The van der Waals surface area contributed by atoms with Gasteiger partial charge in [0.1, 0.15) is 0 Å². The lowest BCUT2D eigenvalue weighted by molar-refractivity contribution is -0.147. The highest BCUT2D eigenvalue weighted by Crippen LogP contribution is 2.24. The first-order valence-electron chi connectivity index (χ1n) is 4.29. The molecule has 0 N–H and O–H groups in total. The van der Waals surface area contributed by atoms with Crippen molar-refractivity contribution < 1.29 is 9.47 Å².